The van der Waals surface area contributed by atoms with E-state index in [1.54, 1.807) is 7.05 Å². The number of aryl methyl sites for hydroxylation is 1. The molecule has 1 aromatic rings. The average Bonchev–Trinajstić information content (AvgIpc) is 2.77. The second-order valence-corrected chi connectivity index (χ2v) is 8.06. The van der Waals surface area contributed by atoms with E-state index in [2.05, 4.69) is 4.98 Å². The predicted octanol–water partition coefficient (Wildman–Crippen LogP) is 0.318. The lowest BCUT2D eigenvalue weighted by Gasteiger charge is -2.46. The number of imidazole rings is 1. The highest BCUT2D eigenvalue weighted by Gasteiger charge is 2.46. The molecule has 0 aromatic carbocycles. The smallest absolute Gasteiger partial charge is 0.262 e. The van der Waals surface area contributed by atoms with E-state index < -0.39 is 15.6 Å². The number of anilines is 1. The Labute approximate surface area is 124 Å². The van der Waals surface area contributed by atoms with Gasteiger partial charge < -0.3 is 15.4 Å². The van der Waals surface area contributed by atoms with Crippen LogP contribution in [0.1, 0.15) is 32.1 Å². The summed E-state index contributed by atoms with van der Waals surface area (Å²) in [5.41, 5.74) is 5.01. The normalized spacial score (nSPS) is 31.0. The highest BCUT2D eigenvalue weighted by molar-refractivity contribution is 7.89. The van der Waals surface area contributed by atoms with Crippen molar-refractivity contribution in [1.29, 1.82) is 0 Å². The van der Waals surface area contributed by atoms with Crippen molar-refractivity contribution in [2.75, 3.05) is 18.8 Å². The molecule has 118 valence electrons. The summed E-state index contributed by atoms with van der Waals surface area (Å²) >= 11 is 0. The van der Waals surface area contributed by atoms with Crippen LogP contribution in [-0.4, -0.2) is 46.1 Å². The Morgan fingerprint density at radius 1 is 1.43 bits per heavy atom. The van der Waals surface area contributed by atoms with Gasteiger partial charge in [-0.05, 0) is 19.3 Å². The summed E-state index contributed by atoms with van der Waals surface area (Å²) in [6, 6.07) is 0. The first-order valence-corrected chi connectivity index (χ1v) is 8.78. The molecule has 2 atom stereocenters. The van der Waals surface area contributed by atoms with Crippen LogP contribution in [0.15, 0.2) is 11.4 Å². The fourth-order valence-electron chi connectivity index (χ4n) is 3.63. The minimum absolute atomic E-state index is 0.0178. The first-order valence-electron chi connectivity index (χ1n) is 7.34. The molecule has 7 nitrogen and oxygen atoms in total. The maximum Gasteiger partial charge on any atom is 0.262 e. The minimum Gasteiger partial charge on any atom is -0.390 e. The lowest BCUT2D eigenvalue weighted by atomic mass is 9.72. The number of nitrogens with zero attached hydrogens (tertiary/aromatic N) is 3. The number of piperidine rings is 1. The lowest BCUT2D eigenvalue weighted by molar-refractivity contribution is -0.0817. The molecule has 2 fully saturated rings. The number of hydrogen-bond donors (Lipinski definition) is 2. The van der Waals surface area contributed by atoms with Crippen molar-refractivity contribution >= 4 is 15.8 Å². The number of rotatable bonds is 2. The summed E-state index contributed by atoms with van der Waals surface area (Å²) < 4.78 is 28.4. The van der Waals surface area contributed by atoms with Crippen LogP contribution in [0.5, 0.6) is 0 Å². The molecule has 1 aromatic heterocycles. The maximum absolute atomic E-state index is 12.8. The van der Waals surface area contributed by atoms with E-state index in [0.29, 0.717) is 19.5 Å². The van der Waals surface area contributed by atoms with Gasteiger partial charge in [-0.2, -0.15) is 4.31 Å². The molecule has 0 amide bonds. The van der Waals surface area contributed by atoms with E-state index in [1.807, 2.05) is 0 Å². The molecule has 8 heteroatoms. The molecule has 1 aliphatic carbocycles. The number of fused-ring (bicyclic) bond motifs is 1. The highest BCUT2D eigenvalue weighted by Crippen LogP contribution is 2.41. The summed E-state index contributed by atoms with van der Waals surface area (Å²) in [5.74, 6) is 0.0474. The molecule has 2 aliphatic rings. The quantitative estimate of drug-likeness (QED) is 0.818. The fourth-order valence-corrected chi connectivity index (χ4v) is 5.31. The van der Waals surface area contributed by atoms with Gasteiger partial charge in [-0.15, -0.1) is 0 Å². The lowest BCUT2D eigenvalue weighted by Crippen LogP contribution is -2.54. The van der Waals surface area contributed by atoms with Crippen molar-refractivity contribution in [2.24, 2.45) is 13.0 Å². The predicted molar refractivity (Wildman–Crippen MR) is 77.9 cm³/mol. The van der Waals surface area contributed by atoms with E-state index in [9.17, 15) is 13.5 Å². The van der Waals surface area contributed by atoms with Crippen LogP contribution in [0, 0.1) is 5.92 Å². The average molecular weight is 314 g/mol. The van der Waals surface area contributed by atoms with E-state index in [4.69, 9.17) is 5.73 Å². The van der Waals surface area contributed by atoms with Crippen LogP contribution < -0.4 is 5.73 Å². The van der Waals surface area contributed by atoms with Gasteiger partial charge in [0.1, 0.15) is 0 Å². The van der Waals surface area contributed by atoms with Crippen LogP contribution >= 0.6 is 0 Å². The molecule has 2 unspecified atom stereocenters. The Morgan fingerprint density at radius 3 is 2.86 bits per heavy atom. The molecule has 21 heavy (non-hydrogen) atoms. The molecule has 0 radical (unpaired) electrons. The van der Waals surface area contributed by atoms with Crippen LogP contribution in [0.2, 0.25) is 0 Å². The molecule has 0 bridgehead atoms. The van der Waals surface area contributed by atoms with Crippen molar-refractivity contribution in [2.45, 2.75) is 42.7 Å². The maximum atomic E-state index is 12.8. The number of aliphatic hydroxyl groups is 1. The fraction of sp³-hybridized carbons (Fsp3) is 0.769. The monoisotopic (exact) mass is 314 g/mol. The minimum atomic E-state index is -3.66. The van der Waals surface area contributed by atoms with E-state index >= 15 is 0 Å². The number of aromatic nitrogens is 2. The third-order valence-electron chi connectivity index (χ3n) is 4.88. The molecule has 1 aliphatic heterocycles. The SMILES string of the molecule is Cn1cnc(N)c1S(=O)(=O)N1CCC2(O)CCCCC2C1. The highest BCUT2D eigenvalue weighted by atomic mass is 32.2. The van der Waals surface area contributed by atoms with Gasteiger partial charge in [0.05, 0.1) is 11.9 Å². The van der Waals surface area contributed by atoms with Crippen molar-refractivity contribution in [3.63, 3.8) is 0 Å². The van der Waals surface area contributed by atoms with Crippen molar-refractivity contribution in [3.05, 3.63) is 6.33 Å². The Bertz CT molecular complexity index is 622. The zero-order chi connectivity index (χ0) is 15.3. The summed E-state index contributed by atoms with van der Waals surface area (Å²) in [7, 11) is -2.04. The number of hydrogen-bond acceptors (Lipinski definition) is 5. The van der Waals surface area contributed by atoms with Crippen LogP contribution in [0.25, 0.3) is 0 Å². The molecule has 3 N–H and O–H groups in total. The number of nitrogens with two attached hydrogens (primary N) is 1. The zero-order valence-corrected chi connectivity index (χ0v) is 13.0. The summed E-state index contributed by atoms with van der Waals surface area (Å²) in [4.78, 5) is 3.86. The molecule has 3 rings (SSSR count). The molecule has 1 saturated heterocycles. The van der Waals surface area contributed by atoms with Crippen LogP contribution in [-0.2, 0) is 17.1 Å². The largest absolute Gasteiger partial charge is 0.390 e. The standard InChI is InChI=1S/C13H22N4O3S/c1-16-9-15-11(14)12(16)21(19,20)17-7-6-13(18)5-3-2-4-10(13)8-17/h9-10,18H,2-8,14H2,1H3. The van der Waals surface area contributed by atoms with Crippen molar-refractivity contribution in [1.82, 2.24) is 13.9 Å². The van der Waals surface area contributed by atoms with E-state index in [-0.39, 0.29) is 16.8 Å². The van der Waals surface area contributed by atoms with Gasteiger partial charge in [0.2, 0.25) is 0 Å². The van der Waals surface area contributed by atoms with Gasteiger partial charge in [0.25, 0.3) is 10.0 Å². The van der Waals surface area contributed by atoms with Gasteiger partial charge in [-0.1, -0.05) is 12.8 Å². The van der Waals surface area contributed by atoms with Crippen molar-refractivity contribution in [3.8, 4) is 0 Å². The third-order valence-corrected chi connectivity index (χ3v) is 6.88. The Hall–Kier alpha value is -1.12. The van der Waals surface area contributed by atoms with E-state index in [1.165, 1.54) is 15.2 Å². The van der Waals surface area contributed by atoms with Gasteiger partial charge in [0.15, 0.2) is 10.8 Å². The van der Waals surface area contributed by atoms with E-state index in [0.717, 1.165) is 25.7 Å². The molecule has 1 saturated carbocycles. The Kier molecular flexibility index (Phi) is 3.50. The van der Waals surface area contributed by atoms with Crippen molar-refractivity contribution < 1.29 is 13.5 Å². The molecule has 2 heterocycles. The Morgan fingerprint density at radius 2 is 2.19 bits per heavy atom. The Balaban J connectivity index is 1.88. The first-order chi connectivity index (χ1) is 9.84. The summed E-state index contributed by atoms with van der Waals surface area (Å²) in [6.45, 7) is 0.698. The summed E-state index contributed by atoms with van der Waals surface area (Å²) in [5, 5.41) is 10.7. The van der Waals surface area contributed by atoms with Crippen LogP contribution in [0.3, 0.4) is 0 Å². The number of sulfonamides is 1. The van der Waals surface area contributed by atoms with Gasteiger partial charge >= 0.3 is 0 Å². The second-order valence-electron chi connectivity index (χ2n) is 6.21. The van der Waals surface area contributed by atoms with Gasteiger partial charge in [-0.25, -0.2) is 13.4 Å². The van der Waals surface area contributed by atoms with Gasteiger partial charge in [-0.3, -0.25) is 0 Å². The molecular formula is C13H22N4O3S. The van der Waals surface area contributed by atoms with Crippen LogP contribution in [0.4, 0.5) is 5.82 Å². The topological polar surface area (TPSA) is 101 Å². The zero-order valence-electron chi connectivity index (χ0n) is 12.2. The third kappa shape index (κ3) is 2.35. The molecular weight excluding hydrogens is 292 g/mol. The number of nitrogen functional groups attached to an aromatic ring is 1. The molecule has 0 spiro atoms. The second kappa shape index (κ2) is 4.96. The first kappa shape index (κ1) is 14.8. The van der Waals surface area contributed by atoms with Gasteiger partial charge in [0, 0.05) is 26.1 Å². The summed E-state index contributed by atoms with van der Waals surface area (Å²) in [6.07, 6.45) is 5.63.